The Labute approximate surface area is 252 Å². The van der Waals surface area contributed by atoms with Gasteiger partial charge in [-0.3, -0.25) is 19.2 Å². The number of carbonyl (C=O) groups excluding carboxylic acids is 4. The molecule has 0 aliphatic heterocycles. The van der Waals surface area contributed by atoms with Crippen LogP contribution in [-0.4, -0.2) is 60.8 Å². The van der Waals surface area contributed by atoms with Crippen molar-refractivity contribution in [3.05, 3.63) is 63.1 Å². The van der Waals surface area contributed by atoms with Gasteiger partial charge in [-0.1, -0.05) is 60.8 Å². The Morgan fingerprint density at radius 3 is 1.95 bits per heavy atom. The summed E-state index contributed by atoms with van der Waals surface area (Å²) in [6.45, 7) is -0.177. The monoisotopic (exact) mass is 659 g/mol. The Morgan fingerprint density at radius 2 is 1.43 bits per heavy atom. The summed E-state index contributed by atoms with van der Waals surface area (Å²) in [7, 11) is 0. The van der Waals surface area contributed by atoms with E-state index in [0.717, 1.165) is 5.32 Å². The lowest BCUT2D eigenvalue weighted by molar-refractivity contribution is -0.165. The molecule has 0 fully saturated rings. The van der Waals surface area contributed by atoms with Crippen LogP contribution in [0, 0.1) is 5.92 Å². The number of alkyl halides is 5. The van der Waals surface area contributed by atoms with Crippen molar-refractivity contribution in [1.82, 2.24) is 16.0 Å². The average Bonchev–Trinajstić information content (AvgIpc) is 2.88. The number of halogens is 8. The highest BCUT2D eigenvalue weighted by molar-refractivity contribution is 6.34. The molecule has 0 aromatic heterocycles. The number of Topliss-reactive ketones (excluding diaryl/α,β-unsaturated/α-hetero) is 1. The van der Waals surface area contributed by atoms with Crippen LogP contribution in [0.4, 0.5) is 22.0 Å². The van der Waals surface area contributed by atoms with Crippen molar-refractivity contribution in [3.8, 4) is 5.75 Å². The van der Waals surface area contributed by atoms with E-state index in [1.54, 1.807) is 0 Å². The molecular weight excluding hydrogens is 636 g/mol. The van der Waals surface area contributed by atoms with Gasteiger partial charge in [0.2, 0.25) is 11.7 Å². The number of amides is 3. The first-order chi connectivity index (χ1) is 19.4. The summed E-state index contributed by atoms with van der Waals surface area (Å²) in [5.74, 6) is -12.3. The summed E-state index contributed by atoms with van der Waals surface area (Å²) in [6.07, 6.45) is -5.20. The van der Waals surface area contributed by atoms with Gasteiger partial charge in [-0.15, -0.1) is 0 Å². The molecule has 2 rings (SSSR count). The Bertz CT molecular complexity index is 1270. The normalized spacial score (nSPS) is 13.2. The number of nitrogens with one attached hydrogen (secondary N) is 3. The molecule has 0 heterocycles. The Hall–Kier alpha value is -3.16. The first-order valence-electron chi connectivity index (χ1n) is 12.1. The van der Waals surface area contributed by atoms with E-state index in [-0.39, 0.29) is 22.2 Å². The molecule has 2 aromatic rings. The van der Waals surface area contributed by atoms with Crippen molar-refractivity contribution in [1.29, 1.82) is 0 Å². The third-order valence-electron chi connectivity index (χ3n) is 5.50. The molecule has 0 saturated carbocycles. The number of rotatable bonds is 13. The predicted molar refractivity (Wildman–Crippen MR) is 145 cm³/mol. The van der Waals surface area contributed by atoms with E-state index in [4.69, 9.17) is 39.5 Å². The fourth-order valence-electron chi connectivity index (χ4n) is 3.45. The second kappa shape index (κ2) is 14.8. The van der Waals surface area contributed by atoms with Gasteiger partial charge < -0.3 is 20.7 Å². The van der Waals surface area contributed by atoms with Gasteiger partial charge in [0, 0.05) is 21.5 Å². The molecule has 3 N–H and O–H groups in total. The lowest BCUT2D eigenvalue weighted by Gasteiger charge is -2.27. The fourth-order valence-corrected chi connectivity index (χ4v) is 4.08. The van der Waals surface area contributed by atoms with Crippen LogP contribution < -0.4 is 20.7 Å². The van der Waals surface area contributed by atoms with E-state index in [0.29, 0.717) is 10.6 Å². The van der Waals surface area contributed by atoms with Gasteiger partial charge in [-0.2, -0.15) is 22.0 Å². The number of benzene rings is 2. The first kappa shape index (κ1) is 35.0. The SMILES string of the molecule is CC(C)[C@H](NC(=O)C(Cc1ccc(Cl)cc1)NC(=O)COc1cc(Cl)cc(Cl)c1)C(=O)C(F)(F)C(=O)NCC(F)(F)F. The van der Waals surface area contributed by atoms with Gasteiger partial charge in [0.15, 0.2) is 6.61 Å². The van der Waals surface area contributed by atoms with Crippen molar-refractivity contribution in [2.75, 3.05) is 13.2 Å². The molecular formula is C26H25Cl3F5N3O5. The third kappa shape index (κ3) is 10.9. The molecule has 0 spiro atoms. The molecule has 1 unspecified atom stereocenters. The van der Waals surface area contributed by atoms with Crippen LogP contribution in [0.25, 0.3) is 0 Å². The van der Waals surface area contributed by atoms with Crippen molar-refractivity contribution in [2.24, 2.45) is 5.92 Å². The minimum Gasteiger partial charge on any atom is -0.484 e. The van der Waals surface area contributed by atoms with Crippen LogP contribution in [0.5, 0.6) is 5.75 Å². The van der Waals surface area contributed by atoms with Crippen LogP contribution in [0.2, 0.25) is 15.1 Å². The molecule has 0 saturated heterocycles. The summed E-state index contributed by atoms with van der Waals surface area (Å²) in [4.78, 5) is 50.2. The van der Waals surface area contributed by atoms with Gasteiger partial charge in [-0.05, 0) is 41.8 Å². The number of carbonyl (C=O) groups is 4. The molecule has 42 heavy (non-hydrogen) atoms. The Balaban J connectivity index is 2.23. The zero-order chi connectivity index (χ0) is 31.8. The number of hydrogen-bond donors (Lipinski definition) is 3. The molecule has 0 aliphatic rings. The zero-order valence-corrected chi connectivity index (χ0v) is 24.2. The summed E-state index contributed by atoms with van der Waals surface area (Å²) in [5, 5.41) is 6.26. The summed E-state index contributed by atoms with van der Waals surface area (Å²) >= 11 is 17.7. The van der Waals surface area contributed by atoms with Gasteiger partial charge in [0.1, 0.15) is 18.3 Å². The highest BCUT2D eigenvalue weighted by Gasteiger charge is 2.52. The topological polar surface area (TPSA) is 114 Å². The zero-order valence-electron chi connectivity index (χ0n) is 22.0. The van der Waals surface area contributed by atoms with Gasteiger partial charge >= 0.3 is 12.1 Å². The van der Waals surface area contributed by atoms with Crippen molar-refractivity contribution < 1.29 is 45.9 Å². The highest BCUT2D eigenvalue weighted by atomic mass is 35.5. The number of hydrogen-bond acceptors (Lipinski definition) is 5. The molecule has 0 aliphatic carbocycles. The van der Waals surface area contributed by atoms with E-state index in [9.17, 15) is 41.1 Å². The van der Waals surface area contributed by atoms with E-state index in [1.807, 2.05) is 0 Å². The molecule has 2 atom stereocenters. The minimum absolute atomic E-state index is 0.137. The fraction of sp³-hybridized carbons (Fsp3) is 0.385. The van der Waals surface area contributed by atoms with Gasteiger partial charge in [-0.25, -0.2) is 0 Å². The molecule has 230 valence electrons. The van der Waals surface area contributed by atoms with E-state index < -0.39 is 66.8 Å². The van der Waals surface area contributed by atoms with Crippen LogP contribution in [0.15, 0.2) is 42.5 Å². The molecule has 3 amide bonds. The van der Waals surface area contributed by atoms with Crippen LogP contribution in [0.1, 0.15) is 19.4 Å². The Morgan fingerprint density at radius 1 is 0.857 bits per heavy atom. The van der Waals surface area contributed by atoms with Crippen LogP contribution >= 0.6 is 34.8 Å². The molecule has 0 radical (unpaired) electrons. The van der Waals surface area contributed by atoms with Crippen molar-refractivity contribution in [2.45, 2.75) is 44.5 Å². The second-order valence-electron chi connectivity index (χ2n) is 9.31. The lowest BCUT2D eigenvalue weighted by Crippen LogP contribution is -2.59. The summed E-state index contributed by atoms with van der Waals surface area (Å²) in [6, 6.07) is 6.78. The predicted octanol–water partition coefficient (Wildman–Crippen LogP) is 4.78. The molecule has 2 aromatic carbocycles. The van der Waals surface area contributed by atoms with E-state index >= 15 is 0 Å². The van der Waals surface area contributed by atoms with Crippen LogP contribution in [-0.2, 0) is 25.6 Å². The maximum absolute atomic E-state index is 14.6. The quantitative estimate of drug-likeness (QED) is 0.212. The molecule has 8 nitrogen and oxygen atoms in total. The molecule has 16 heteroatoms. The highest BCUT2D eigenvalue weighted by Crippen LogP contribution is 2.24. The maximum Gasteiger partial charge on any atom is 0.405 e. The van der Waals surface area contributed by atoms with Crippen LogP contribution in [0.3, 0.4) is 0 Å². The summed E-state index contributed by atoms with van der Waals surface area (Å²) < 4.78 is 71.6. The molecule has 0 bridgehead atoms. The maximum atomic E-state index is 14.6. The number of ether oxygens (including phenoxy) is 1. The lowest BCUT2D eigenvalue weighted by atomic mass is 9.94. The average molecular weight is 661 g/mol. The van der Waals surface area contributed by atoms with Gasteiger partial charge in [0.05, 0.1) is 6.04 Å². The Kier molecular flexibility index (Phi) is 12.4. The standard InChI is InChI=1S/C26H25Cl3F5N3O5/c1-13(2)21(22(39)26(33,34)24(41)35-12-25(30,31)32)37-23(40)19(7-14-3-5-15(27)6-4-14)36-20(38)11-42-18-9-16(28)8-17(29)10-18/h3-6,8-10,13,19,21H,7,11-12H2,1-2H3,(H,35,41)(H,36,38)(H,37,40)/t19?,21-/m0/s1. The third-order valence-corrected chi connectivity index (χ3v) is 6.19. The summed E-state index contributed by atoms with van der Waals surface area (Å²) in [5.41, 5.74) is 0.478. The number of ketones is 1. The smallest absolute Gasteiger partial charge is 0.405 e. The first-order valence-corrected chi connectivity index (χ1v) is 13.2. The minimum atomic E-state index is -5.00. The van der Waals surface area contributed by atoms with Crippen molar-refractivity contribution >= 4 is 58.3 Å². The largest absolute Gasteiger partial charge is 0.484 e. The van der Waals surface area contributed by atoms with E-state index in [1.165, 1.54) is 56.3 Å². The van der Waals surface area contributed by atoms with Gasteiger partial charge in [0.25, 0.3) is 11.8 Å². The van der Waals surface area contributed by atoms with E-state index in [2.05, 4.69) is 10.6 Å². The van der Waals surface area contributed by atoms with Crippen molar-refractivity contribution in [3.63, 3.8) is 0 Å². The second-order valence-corrected chi connectivity index (χ2v) is 10.6.